The van der Waals surface area contributed by atoms with Crippen molar-refractivity contribution in [2.45, 2.75) is 4.21 Å². The predicted molar refractivity (Wildman–Crippen MR) is 54.4 cm³/mol. The van der Waals surface area contributed by atoms with Crippen molar-refractivity contribution in [1.29, 1.82) is 0 Å². The van der Waals surface area contributed by atoms with Crippen LogP contribution in [0.15, 0.2) is 15.7 Å². The molecule has 0 radical (unpaired) electrons. The highest BCUT2D eigenvalue weighted by molar-refractivity contribution is 7.91. The van der Waals surface area contributed by atoms with Crippen LogP contribution in [0.5, 0.6) is 0 Å². The van der Waals surface area contributed by atoms with Crippen LogP contribution in [-0.4, -0.2) is 38.5 Å². The molecule has 0 saturated carbocycles. The summed E-state index contributed by atoms with van der Waals surface area (Å²) in [5.41, 5.74) is 0.277. The Morgan fingerprint density at radius 1 is 1.53 bits per heavy atom. The standard InChI is InChI=1S/C7H10N2O4S2/c1-9(2)7(10)5-3-6(14-4-5)15(12,13)8-11/h3-4,8,11H,1-2H3. The van der Waals surface area contributed by atoms with Gasteiger partial charge in [-0.2, -0.15) is 0 Å². The van der Waals surface area contributed by atoms with Crippen molar-refractivity contribution in [2.75, 3.05) is 14.1 Å². The van der Waals surface area contributed by atoms with Crippen LogP contribution in [0.2, 0.25) is 0 Å². The molecule has 0 aromatic carbocycles. The topological polar surface area (TPSA) is 86.7 Å². The highest BCUT2D eigenvalue weighted by Gasteiger charge is 2.18. The van der Waals surface area contributed by atoms with E-state index in [2.05, 4.69) is 0 Å². The predicted octanol–water partition coefficient (Wildman–Crippen LogP) is 0.117. The van der Waals surface area contributed by atoms with Crippen LogP contribution in [0.25, 0.3) is 0 Å². The normalized spacial score (nSPS) is 11.4. The number of carbonyl (C=O) groups is 1. The number of nitrogens with zero attached hydrogens (tertiary/aromatic N) is 1. The first-order valence-corrected chi connectivity index (χ1v) is 6.21. The van der Waals surface area contributed by atoms with E-state index in [1.807, 2.05) is 0 Å². The molecule has 15 heavy (non-hydrogen) atoms. The van der Waals surface area contributed by atoms with Crippen LogP contribution in [0.3, 0.4) is 0 Å². The lowest BCUT2D eigenvalue weighted by Crippen LogP contribution is -2.21. The van der Waals surface area contributed by atoms with Gasteiger partial charge in [-0.25, -0.2) is 8.42 Å². The largest absolute Gasteiger partial charge is 0.345 e. The van der Waals surface area contributed by atoms with Crippen molar-refractivity contribution in [3.8, 4) is 0 Å². The Balaban J connectivity index is 3.06. The van der Waals surface area contributed by atoms with Crippen molar-refractivity contribution in [2.24, 2.45) is 0 Å². The molecule has 0 aliphatic carbocycles. The Bertz CT molecular complexity index is 463. The third-order valence-electron chi connectivity index (χ3n) is 1.61. The molecule has 0 unspecified atom stereocenters. The van der Waals surface area contributed by atoms with Gasteiger partial charge in [0.05, 0.1) is 5.56 Å². The maximum absolute atomic E-state index is 11.4. The van der Waals surface area contributed by atoms with E-state index < -0.39 is 10.0 Å². The molecular formula is C7H10N2O4S2. The Kier molecular flexibility index (Phi) is 3.45. The first kappa shape index (κ1) is 12.1. The third kappa shape index (κ3) is 2.53. The molecule has 0 fully saturated rings. The molecule has 1 aromatic rings. The zero-order valence-corrected chi connectivity index (χ0v) is 9.72. The molecule has 0 aliphatic heterocycles. The molecule has 1 amide bonds. The van der Waals surface area contributed by atoms with Gasteiger partial charge in [0.25, 0.3) is 15.9 Å². The first-order chi connectivity index (χ1) is 6.88. The summed E-state index contributed by atoms with van der Waals surface area (Å²) in [5, 5.41) is 9.80. The molecule has 1 rings (SSSR count). The van der Waals surface area contributed by atoms with Gasteiger partial charge in [-0.1, -0.05) is 4.89 Å². The van der Waals surface area contributed by atoms with E-state index in [0.717, 1.165) is 11.3 Å². The van der Waals surface area contributed by atoms with Gasteiger partial charge in [0.2, 0.25) is 0 Å². The molecule has 0 aliphatic rings. The van der Waals surface area contributed by atoms with Crippen molar-refractivity contribution in [3.05, 3.63) is 17.0 Å². The summed E-state index contributed by atoms with van der Waals surface area (Å²) in [4.78, 5) is 14.0. The first-order valence-electron chi connectivity index (χ1n) is 3.84. The molecule has 84 valence electrons. The molecule has 0 atom stereocenters. The lowest BCUT2D eigenvalue weighted by Gasteiger charge is -2.07. The SMILES string of the molecule is CN(C)C(=O)c1csc(S(=O)(=O)NO)c1. The van der Waals surface area contributed by atoms with E-state index in [-0.39, 0.29) is 15.7 Å². The number of nitrogens with one attached hydrogen (secondary N) is 1. The van der Waals surface area contributed by atoms with Gasteiger partial charge in [0.15, 0.2) is 0 Å². The van der Waals surface area contributed by atoms with E-state index in [1.165, 1.54) is 21.2 Å². The van der Waals surface area contributed by atoms with Gasteiger partial charge in [-0.3, -0.25) is 4.79 Å². The number of rotatable bonds is 3. The Morgan fingerprint density at radius 2 is 2.13 bits per heavy atom. The van der Waals surface area contributed by atoms with E-state index in [0.29, 0.717) is 0 Å². The lowest BCUT2D eigenvalue weighted by molar-refractivity contribution is 0.0828. The highest BCUT2D eigenvalue weighted by Crippen LogP contribution is 2.20. The molecular weight excluding hydrogens is 240 g/mol. The fourth-order valence-corrected chi connectivity index (χ4v) is 2.61. The summed E-state index contributed by atoms with van der Waals surface area (Å²) in [6, 6.07) is 1.21. The van der Waals surface area contributed by atoms with Crippen LogP contribution in [0, 0.1) is 0 Å². The van der Waals surface area contributed by atoms with Gasteiger partial charge < -0.3 is 10.1 Å². The van der Waals surface area contributed by atoms with Gasteiger partial charge in [-0.15, -0.1) is 11.3 Å². The van der Waals surface area contributed by atoms with Crippen LogP contribution >= 0.6 is 11.3 Å². The Hall–Kier alpha value is -0.960. The molecule has 0 saturated heterocycles. The quantitative estimate of drug-likeness (QED) is 0.746. The Labute approximate surface area is 91.1 Å². The van der Waals surface area contributed by atoms with Crippen molar-refractivity contribution in [3.63, 3.8) is 0 Å². The second-order valence-corrected chi connectivity index (χ2v) is 5.75. The maximum atomic E-state index is 11.4. The van der Waals surface area contributed by atoms with Gasteiger partial charge in [0.1, 0.15) is 4.21 Å². The average Bonchev–Trinajstić information content (AvgIpc) is 2.65. The highest BCUT2D eigenvalue weighted by atomic mass is 32.2. The molecule has 6 nitrogen and oxygen atoms in total. The number of carbonyl (C=O) groups excluding carboxylic acids is 1. The average molecular weight is 250 g/mol. The Morgan fingerprint density at radius 3 is 2.60 bits per heavy atom. The molecule has 0 bridgehead atoms. The van der Waals surface area contributed by atoms with Crippen LogP contribution < -0.4 is 4.89 Å². The minimum absolute atomic E-state index is 0.102. The minimum Gasteiger partial charge on any atom is -0.345 e. The third-order valence-corrected chi connectivity index (χ3v) is 4.17. The number of hydrogen-bond donors (Lipinski definition) is 2. The zero-order valence-electron chi connectivity index (χ0n) is 8.09. The van der Waals surface area contributed by atoms with E-state index in [4.69, 9.17) is 5.21 Å². The number of sulfonamides is 1. The summed E-state index contributed by atoms with van der Waals surface area (Å²) in [6.07, 6.45) is 0. The van der Waals surface area contributed by atoms with Crippen LogP contribution in [0.1, 0.15) is 10.4 Å². The summed E-state index contributed by atoms with van der Waals surface area (Å²) in [7, 11) is -0.747. The molecule has 0 spiro atoms. The van der Waals surface area contributed by atoms with E-state index in [9.17, 15) is 13.2 Å². The second kappa shape index (κ2) is 4.27. The van der Waals surface area contributed by atoms with Crippen molar-refractivity contribution < 1.29 is 18.4 Å². The number of hydrogen-bond acceptors (Lipinski definition) is 5. The summed E-state index contributed by atoms with van der Waals surface area (Å²) < 4.78 is 22.2. The smallest absolute Gasteiger partial charge is 0.271 e. The van der Waals surface area contributed by atoms with Crippen molar-refractivity contribution in [1.82, 2.24) is 9.79 Å². The lowest BCUT2D eigenvalue weighted by atomic mass is 10.3. The fraction of sp³-hybridized carbons (Fsp3) is 0.286. The monoisotopic (exact) mass is 250 g/mol. The molecule has 1 heterocycles. The summed E-state index contributed by atoms with van der Waals surface area (Å²) in [5.74, 6) is -0.286. The zero-order chi connectivity index (χ0) is 11.6. The summed E-state index contributed by atoms with van der Waals surface area (Å²) >= 11 is 0.869. The second-order valence-electron chi connectivity index (χ2n) is 2.95. The van der Waals surface area contributed by atoms with Gasteiger partial charge in [-0.05, 0) is 6.07 Å². The van der Waals surface area contributed by atoms with Crippen molar-refractivity contribution >= 4 is 27.3 Å². The van der Waals surface area contributed by atoms with Gasteiger partial charge >= 0.3 is 0 Å². The molecule has 2 N–H and O–H groups in total. The minimum atomic E-state index is -3.88. The van der Waals surface area contributed by atoms with E-state index >= 15 is 0 Å². The summed E-state index contributed by atoms with van der Waals surface area (Å²) in [6.45, 7) is 0. The fourth-order valence-electron chi connectivity index (χ4n) is 0.873. The number of thiophene rings is 1. The maximum Gasteiger partial charge on any atom is 0.271 e. The van der Waals surface area contributed by atoms with Crippen LogP contribution in [-0.2, 0) is 10.0 Å². The van der Waals surface area contributed by atoms with Crippen LogP contribution in [0.4, 0.5) is 0 Å². The molecule has 8 heteroatoms. The van der Waals surface area contributed by atoms with E-state index in [1.54, 1.807) is 14.1 Å². The molecule has 1 aromatic heterocycles. The van der Waals surface area contributed by atoms with Gasteiger partial charge in [0, 0.05) is 19.5 Å². The number of amides is 1.